The van der Waals surface area contributed by atoms with Crippen molar-refractivity contribution in [1.29, 1.82) is 0 Å². The number of aromatic nitrogens is 1. The van der Waals surface area contributed by atoms with E-state index >= 15 is 0 Å². The van der Waals surface area contributed by atoms with E-state index in [1.165, 1.54) is 16.2 Å². The second-order valence-electron chi connectivity index (χ2n) is 7.36. The molecule has 7 nitrogen and oxygen atoms in total. The molecule has 0 saturated heterocycles. The maximum atomic E-state index is 12.9. The molecule has 0 radical (unpaired) electrons. The van der Waals surface area contributed by atoms with Crippen LogP contribution >= 0.6 is 11.3 Å². The van der Waals surface area contributed by atoms with Gasteiger partial charge in [-0.1, -0.05) is 12.1 Å². The van der Waals surface area contributed by atoms with E-state index in [-0.39, 0.29) is 24.8 Å². The third-order valence-electron chi connectivity index (χ3n) is 4.58. The number of ether oxygens (including phenoxy) is 1. The van der Waals surface area contributed by atoms with Crippen LogP contribution in [0, 0.1) is 13.8 Å². The fraction of sp³-hybridized carbons (Fsp3) is 0.476. The number of carbonyl (C=O) groups excluding carboxylic acids is 2. The molecule has 0 fully saturated rings. The first kappa shape index (κ1) is 22.8. The standard InChI is InChI=1S/C21H30N4O3S/c1-15-16(2)29-21(22-15)23-19(26)14-25(12-6-11-24(3)4)20(27)13-17-7-9-18(28-5)10-8-17/h7-10H,6,11-14H2,1-5H3,(H,22,23,26)/p+1. The summed E-state index contributed by atoms with van der Waals surface area (Å²) in [6.45, 7) is 5.38. The van der Waals surface area contributed by atoms with Gasteiger partial charge in [-0.25, -0.2) is 4.98 Å². The molecule has 0 saturated carbocycles. The lowest BCUT2D eigenvalue weighted by atomic mass is 10.1. The molecule has 2 rings (SSSR count). The summed E-state index contributed by atoms with van der Waals surface area (Å²) in [5, 5.41) is 3.39. The van der Waals surface area contributed by atoms with Crippen LogP contribution in [-0.2, 0) is 16.0 Å². The van der Waals surface area contributed by atoms with Crippen LogP contribution in [0.1, 0.15) is 22.6 Å². The van der Waals surface area contributed by atoms with Crippen molar-refractivity contribution in [2.24, 2.45) is 0 Å². The first-order valence-electron chi connectivity index (χ1n) is 9.72. The molecular formula is C21H31N4O3S+. The van der Waals surface area contributed by atoms with E-state index in [0.717, 1.165) is 34.8 Å². The molecule has 158 valence electrons. The molecule has 1 aromatic heterocycles. The van der Waals surface area contributed by atoms with Crippen molar-refractivity contribution in [3.63, 3.8) is 0 Å². The lowest BCUT2D eigenvalue weighted by Gasteiger charge is -2.22. The van der Waals surface area contributed by atoms with E-state index in [0.29, 0.717) is 11.7 Å². The molecule has 0 aliphatic rings. The minimum Gasteiger partial charge on any atom is -0.497 e. The van der Waals surface area contributed by atoms with Gasteiger partial charge in [0.1, 0.15) is 5.75 Å². The second-order valence-corrected chi connectivity index (χ2v) is 8.56. The van der Waals surface area contributed by atoms with E-state index in [2.05, 4.69) is 24.4 Å². The van der Waals surface area contributed by atoms with Crippen molar-refractivity contribution >= 4 is 28.3 Å². The quantitative estimate of drug-likeness (QED) is 0.609. The lowest BCUT2D eigenvalue weighted by molar-refractivity contribution is -0.858. The molecule has 29 heavy (non-hydrogen) atoms. The highest BCUT2D eigenvalue weighted by molar-refractivity contribution is 7.15. The number of thiazole rings is 1. The number of aryl methyl sites for hydroxylation is 2. The molecule has 0 bridgehead atoms. The molecule has 0 atom stereocenters. The number of quaternary nitrogens is 1. The number of nitrogens with zero attached hydrogens (tertiary/aromatic N) is 2. The van der Waals surface area contributed by atoms with Gasteiger partial charge < -0.3 is 19.9 Å². The van der Waals surface area contributed by atoms with Crippen LogP contribution < -0.4 is 15.0 Å². The summed E-state index contributed by atoms with van der Waals surface area (Å²) in [6.07, 6.45) is 1.08. The van der Waals surface area contributed by atoms with Crippen LogP contribution in [0.25, 0.3) is 0 Å². The number of rotatable bonds is 10. The van der Waals surface area contributed by atoms with E-state index in [1.807, 2.05) is 38.1 Å². The van der Waals surface area contributed by atoms with Gasteiger partial charge in [-0.2, -0.15) is 0 Å². The second kappa shape index (κ2) is 10.9. The molecule has 1 aromatic carbocycles. The predicted octanol–water partition coefficient (Wildman–Crippen LogP) is 1.31. The van der Waals surface area contributed by atoms with Crippen LogP contribution in [-0.4, -0.2) is 62.5 Å². The van der Waals surface area contributed by atoms with Gasteiger partial charge in [0, 0.05) is 17.8 Å². The van der Waals surface area contributed by atoms with Crippen molar-refractivity contribution in [3.8, 4) is 5.75 Å². The van der Waals surface area contributed by atoms with Crippen molar-refractivity contribution in [3.05, 3.63) is 40.4 Å². The maximum Gasteiger partial charge on any atom is 0.245 e. The summed E-state index contributed by atoms with van der Waals surface area (Å²) in [6, 6.07) is 7.42. The van der Waals surface area contributed by atoms with Crippen LogP contribution in [0.3, 0.4) is 0 Å². The molecular weight excluding hydrogens is 388 g/mol. The fourth-order valence-corrected chi connectivity index (χ4v) is 3.63. The van der Waals surface area contributed by atoms with Gasteiger partial charge in [0.25, 0.3) is 0 Å². The van der Waals surface area contributed by atoms with Gasteiger partial charge in [0.15, 0.2) is 5.13 Å². The minimum atomic E-state index is -0.223. The molecule has 0 aliphatic heterocycles. The van der Waals surface area contributed by atoms with Gasteiger partial charge in [-0.05, 0) is 31.5 Å². The topological polar surface area (TPSA) is 76.0 Å². The summed E-state index contributed by atoms with van der Waals surface area (Å²) in [4.78, 5) is 33.8. The Hall–Kier alpha value is -2.45. The molecule has 2 aromatic rings. The number of anilines is 1. The first-order valence-corrected chi connectivity index (χ1v) is 10.5. The SMILES string of the molecule is COc1ccc(CC(=O)N(CCC[NH+](C)C)CC(=O)Nc2nc(C)c(C)s2)cc1. The number of carbonyl (C=O) groups is 2. The zero-order chi connectivity index (χ0) is 21.4. The van der Waals surface area contributed by atoms with Crippen molar-refractivity contribution in [2.45, 2.75) is 26.7 Å². The number of benzene rings is 1. The van der Waals surface area contributed by atoms with E-state index in [1.54, 1.807) is 12.0 Å². The third kappa shape index (κ3) is 7.47. The fourth-order valence-electron chi connectivity index (χ4n) is 2.80. The van der Waals surface area contributed by atoms with Crippen LogP contribution in [0.4, 0.5) is 5.13 Å². The molecule has 0 unspecified atom stereocenters. The van der Waals surface area contributed by atoms with Gasteiger partial charge in [0.2, 0.25) is 11.8 Å². The van der Waals surface area contributed by atoms with Crippen LogP contribution in [0.15, 0.2) is 24.3 Å². The Labute approximate surface area is 176 Å². The van der Waals surface area contributed by atoms with Crippen LogP contribution in [0.2, 0.25) is 0 Å². The molecule has 2 amide bonds. The summed E-state index contributed by atoms with van der Waals surface area (Å²) in [7, 11) is 5.76. The zero-order valence-corrected chi connectivity index (χ0v) is 18.7. The Kier molecular flexibility index (Phi) is 8.60. The average molecular weight is 420 g/mol. The number of nitrogens with one attached hydrogen (secondary N) is 2. The van der Waals surface area contributed by atoms with E-state index in [9.17, 15) is 9.59 Å². The number of methoxy groups -OCH3 is 1. The smallest absolute Gasteiger partial charge is 0.245 e. The normalized spacial score (nSPS) is 10.8. The van der Waals surface area contributed by atoms with Gasteiger partial charge in [-0.3, -0.25) is 9.59 Å². The molecule has 8 heteroatoms. The highest BCUT2D eigenvalue weighted by Gasteiger charge is 2.19. The highest BCUT2D eigenvalue weighted by Crippen LogP contribution is 2.21. The minimum absolute atomic E-state index is 0.0232. The predicted molar refractivity (Wildman–Crippen MR) is 116 cm³/mol. The average Bonchev–Trinajstić information content (AvgIpc) is 2.98. The van der Waals surface area contributed by atoms with Gasteiger partial charge in [0.05, 0.1) is 46.4 Å². The summed E-state index contributed by atoms with van der Waals surface area (Å²) in [5.41, 5.74) is 1.80. The third-order valence-corrected chi connectivity index (χ3v) is 5.57. The monoisotopic (exact) mass is 419 g/mol. The van der Waals surface area contributed by atoms with E-state index < -0.39 is 0 Å². The maximum absolute atomic E-state index is 12.9. The summed E-state index contributed by atoms with van der Waals surface area (Å²) >= 11 is 1.44. The Morgan fingerprint density at radius 3 is 2.45 bits per heavy atom. The van der Waals surface area contributed by atoms with Crippen molar-refractivity contribution < 1.29 is 19.2 Å². The molecule has 0 aliphatic carbocycles. The zero-order valence-electron chi connectivity index (χ0n) is 17.9. The summed E-state index contributed by atoms with van der Waals surface area (Å²) in [5.74, 6) is 0.463. The Balaban J connectivity index is 2.01. The van der Waals surface area contributed by atoms with Gasteiger partial charge in [-0.15, -0.1) is 11.3 Å². The Bertz CT molecular complexity index is 798. The largest absolute Gasteiger partial charge is 0.497 e. The number of hydrogen-bond donors (Lipinski definition) is 2. The molecule has 0 spiro atoms. The summed E-state index contributed by atoms with van der Waals surface area (Å²) < 4.78 is 5.16. The van der Waals surface area contributed by atoms with Crippen molar-refractivity contribution in [1.82, 2.24) is 9.88 Å². The molecule has 1 heterocycles. The lowest BCUT2D eigenvalue weighted by Crippen LogP contribution is -3.05. The highest BCUT2D eigenvalue weighted by atomic mass is 32.1. The first-order chi connectivity index (χ1) is 13.8. The van der Waals surface area contributed by atoms with Gasteiger partial charge >= 0.3 is 0 Å². The molecule has 2 N–H and O–H groups in total. The number of amides is 2. The van der Waals surface area contributed by atoms with Crippen molar-refractivity contribution in [2.75, 3.05) is 46.2 Å². The Morgan fingerprint density at radius 2 is 1.90 bits per heavy atom. The van der Waals surface area contributed by atoms with Crippen LogP contribution in [0.5, 0.6) is 5.75 Å². The number of hydrogen-bond acceptors (Lipinski definition) is 5. The van der Waals surface area contributed by atoms with E-state index in [4.69, 9.17) is 4.74 Å². The Morgan fingerprint density at radius 1 is 1.21 bits per heavy atom.